The third-order valence-electron chi connectivity index (χ3n) is 2.80. The van der Waals surface area contributed by atoms with E-state index >= 15 is 0 Å². The van der Waals surface area contributed by atoms with Gasteiger partial charge < -0.3 is 4.90 Å². The van der Waals surface area contributed by atoms with E-state index < -0.39 is 10.0 Å². The molecule has 0 unspecified atom stereocenters. The van der Waals surface area contributed by atoms with E-state index in [1.165, 1.54) is 0 Å². The van der Waals surface area contributed by atoms with Crippen molar-refractivity contribution in [1.29, 1.82) is 0 Å². The number of benzene rings is 1. The maximum atomic E-state index is 12.2. The summed E-state index contributed by atoms with van der Waals surface area (Å²) in [6.07, 6.45) is 0. The van der Waals surface area contributed by atoms with Crippen molar-refractivity contribution >= 4 is 41.9 Å². The van der Waals surface area contributed by atoms with Crippen LogP contribution in [0.3, 0.4) is 0 Å². The summed E-state index contributed by atoms with van der Waals surface area (Å²) >= 11 is 6.55. The first-order valence-electron chi connectivity index (χ1n) is 6.07. The summed E-state index contributed by atoms with van der Waals surface area (Å²) in [5.74, 6) is 0. The van der Waals surface area contributed by atoms with Gasteiger partial charge in [-0.1, -0.05) is 29.8 Å². The fourth-order valence-corrected chi connectivity index (χ4v) is 4.16. The summed E-state index contributed by atoms with van der Waals surface area (Å²) in [6.45, 7) is 7.06. The summed E-state index contributed by atoms with van der Waals surface area (Å²) < 4.78 is 28.3. The molecule has 1 N–H and O–H groups in total. The van der Waals surface area contributed by atoms with Gasteiger partial charge in [0.15, 0.2) is 0 Å². The molecule has 0 saturated carbocycles. The number of hydrogen-bond donors (Lipinski definition) is 1. The van der Waals surface area contributed by atoms with Crippen LogP contribution in [0.4, 0.5) is 0 Å². The Morgan fingerprint density at radius 1 is 1.21 bits per heavy atom. The van der Waals surface area contributed by atoms with Crippen LogP contribution in [0.15, 0.2) is 32.0 Å². The fraction of sp³-hybridized carbons (Fsp3) is 0.500. The second-order valence-electron chi connectivity index (χ2n) is 4.00. The second kappa shape index (κ2) is 7.73. The zero-order valence-corrected chi connectivity index (χ0v) is 15.0. The van der Waals surface area contributed by atoms with Crippen LogP contribution in [0.1, 0.15) is 13.8 Å². The van der Waals surface area contributed by atoms with Gasteiger partial charge in [0.05, 0.1) is 4.90 Å². The minimum atomic E-state index is -3.48. The smallest absolute Gasteiger partial charge is 0.241 e. The fourth-order valence-electron chi connectivity index (χ4n) is 1.64. The Morgan fingerprint density at radius 2 is 1.84 bits per heavy atom. The molecule has 4 nitrogen and oxygen atoms in total. The van der Waals surface area contributed by atoms with Gasteiger partial charge in [-0.05, 0) is 47.2 Å². The predicted molar refractivity (Wildman–Crippen MR) is 84.8 cm³/mol. The van der Waals surface area contributed by atoms with E-state index in [0.717, 1.165) is 17.6 Å². The molecule has 1 aromatic rings. The van der Waals surface area contributed by atoms with Gasteiger partial charge in [0.2, 0.25) is 10.0 Å². The molecule has 0 radical (unpaired) electrons. The lowest BCUT2D eigenvalue weighted by Crippen LogP contribution is -2.34. The quantitative estimate of drug-likeness (QED) is 0.747. The molecule has 0 aromatic heterocycles. The van der Waals surface area contributed by atoms with Gasteiger partial charge in [0, 0.05) is 22.0 Å². The Labute approximate surface area is 131 Å². The molecule has 0 spiro atoms. The molecule has 0 aliphatic heterocycles. The zero-order chi connectivity index (χ0) is 14.5. The van der Waals surface area contributed by atoms with Crippen molar-refractivity contribution < 1.29 is 8.42 Å². The van der Waals surface area contributed by atoms with Crippen molar-refractivity contribution in [2.24, 2.45) is 0 Å². The minimum Gasteiger partial charge on any atom is -0.303 e. The maximum absolute atomic E-state index is 12.2. The number of likely N-dealkylation sites (N-methyl/N-ethyl adjacent to an activating group) is 1. The van der Waals surface area contributed by atoms with Crippen LogP contribution >= 0.6 is 31.9 Å². The average Bonchev–Trinajstić information content (AvgIpc) is 2.37. The Morgan fingerprint density at radius 3 is 2.42 bits per heavy atom. The monoisotopic (exact) mass is 412 g/mol. The molecule has 0 amide bonds. The lowest BCUT2D eigenvalue weighted by molar-refractivity contribution is 0.309. The molecular weight excluding hydrogens is 396 g/mol. The number of hydrogen-bond acceptors (Lipinski definition) is 3. The number of sulfonamides is 1. The third kappa shape index (κ3) is 5.15. The van der Waals surface area contributed by atoms with Crippen molar-refractivity contribution in [1.82, 2.24) is 9.62 Å². The molecule has 1 aromatic carbocycles. The van der Waals surface area contributed by atoms with E-state index in [1.54, 1.807) is 18.2 Å². The summed E-state index contributed by atoms with van der Waals surface area (Å²) in [4.78, 5) is 2.42. The van der Waals surface area contributed by atoms with Gasteiger partial charge in [-0.3, -0.25) is 0 Å². The lowest BCUT2D eigenvalue weighted by atomic mass is 10.4. The zero-order valence-electron chi connectivity index (χ0n) is 11.0. The predicted octanol–water partition coefficient (Wildman–Crippen LogP) is 2.83. The highest BCUT2D eigenvalue weighted by molar-refractivity contribution is 9.11. The van der Waals surface area contributed by atoms with Crippen LogP contribution in [0.2, 0.25) is 0 Å². The molecule has 7 heteroatoms. The van der Waals surface area contributed by atoms with Crippen LogP contribution in [0.5, 0.6) is 0 Å². The van der Waals surface area contributed by atoms with Crippen LogP contribution in [0, 0.1) is 0 Å². The van der Waals surface area contributed by atoms with Crippen molar-refractivity contribution in [3.8, 4) is 0 Å². The first-order valence-corrected chi connectivity index (χ1v) is 9.14. The van der Waals surface area contributed by atoms with Crippen molar-refractivity contribution in [3.63, 3.8) is 0 Å². The number of nitrogens with one attached hydrogen (secondary N) is 1. The van der Waals surface area contributed by atoms with Crippen LogP contribution in [-0.2, 0) is 10.0 Å². The first-order chi connectivity index (χ1) is 8.90. The molecule has 0 bridgehead atoms. The SMILES string of the molecule is CCN(CC)CCNS(=O)(=O)c1cc(Br)ccc1Br. The van der Waals surface area contributed by atoms with Crippen molar-refractivity contribution in [2.75, 3.05) is 26.2 Å². The lowest BCUT2D eigenvalue weighted by Gasteiger charge is -2.18. The number of halogens is 2. The molecule has 0 aliphatic carbocycles. The normalized spacial score (nSPS) is 12.1. The third-order valence-corrected chi connectivity index (χ3v) is 5.75. The van der Waals surface area contributed by atoms with Gasteiger partial charge in [-0.15, -0.1) is 0 Å². The van der Waals surface area contributed by atoms with E-state index in [-0.39, 0.29) is 4.90 Å². The average molecular weight is 414 g/mol. The highest BCUT2D eigenvalue weighted by atomic mass is 79.9. The molecular formula is C12H18Br2N2O2S. The highest BCUT2D eigenvalue weighted by Crippen LogP contribution is 2.25. The Hall–Kier alpha value is 0.0500. The maximum Gasteiger partial charge on any atom is 0.241 e. The molecule has 1 rings (SSSR count). The first kappa shape index (κ1) is 17.1. The van der Waals surface area contributed by atoms with Crippen molar-refractivity contribution in [2.45, 2.75) is 18.7 Å². The topological polar surface area (TPSA) is 49.4 Å². The Balaban J connectivity index is 2.73. The molecule has 0 fully saturated rings. The van der Waals surface area contributed by atoms with E-state index in [0.29, 0.717) is 17.6 Å². The summed E-state index contributed by atoms with van der Waals surface area (Å²) in [7, 11) is -3.48. The molecule has 0 saturated heterocycles. The molecule has 19 heavy (non-hydrogen) atoms. The second-order valence-corrected chi connectivity index (χ2v) is 7.50. The van der Waals surface area contributed by atoms with E-state index in [9.17, 15) is 8.42 Å². The Kier molecular flexibility index (Phi) is 6.96. The highest BCUT2D eigenvalue weighted by Gasteiger charge is 2.17. The van der Waals surface area contributed by atoms with E-state index in [1.807, 2.05) is 0 Å². The summed E-state index contributed by atoms with van der Waals surface area (Å²) in [6, 6.07) is 5.09. The van der Waals surface area contributed by atoms with Crippen LogP contribution in [-0.4, -0.2) is 39.5 Å². The van der Waals surface area contributed by atoms with E-state index in [4.69, 9.17) is 0 Å². The molecule has 0 heterocycles. The van der Waals surface area contributed by atoms with Crippen molar-refractivity contribution in [3.05, 3.63) is 27.1 Å². The van der Waals surface area contributed by atoms with Gasteiger partial charge >= 0.3 is 0 Å². The number of rotatable bonds is 7. The van der Waals surface area contributed by atoms with Crippen LogP contribution < -0.4 is 4.72 Å². The standard InChI is InChI=1S/C12H18Br2N2O2S/c1-3-16(4-2)8-7-15-19(17,18)12-9-10(13)5-6-11(12)14/h5-6,9,15H,3-4,7-8H2,1-2H3. The van der Waals surface area contributed by atoms with E-state index in [2.05, 4.69) is 55.3 Å². The Bertz CT molecular complexity index is 516. The summed E-state index contributed by atoms with van der Waals surface area (Å²) in [5, 5.41) is 0. The summed E-state index contributed by atoms with van der Waals surface area (Å²) in [5.41, 5.74) is 0. The van der Waals surface area contributed by atoms with Gasteiger partial charge in [0.1, 0.15) is 0 Å². The van der Waals surface area contributed by atoms with Gasteiger partial charge in [0.25, 0.3) is 0 Å². The molecule has 0 aliphatic rings. The minimum absolute atomic E-state index is 0.251. The van der Waals surface area contributed by atoms with Gasteiger partial charge in [-0.25, -0.2) is 13.1 Å². The largest absolute Gasteiger partial charge is 0.303 e. The molecule has 0 atom stereocenters. The van der Waals surface area contributed by atoms with Crippen LogP contribution in [0.25, 0.3) is 0 Å². The number of nitrogens with zero attached hydrogens (tertiary/aromatic N) is 1. The molecule has 108 valence electrons. The van der Waals surface area contributed by atoms with Gasteiger partial charge in [-0.2, -0.15) is 0 Å².